The number of carbonyl (C=O) groups excluding carboxylic acids is 2. The first kappa shape index (κ1) is 26.6. The fourth-order valence-electron chi connectivity index (χ4n) is 4.02. The van der Waals surface area contributed by atoms with Gasteiger partial charge in [-0.05, 0) is 55.0 Å². The van der Waals surface area contributed by atoms with E-state index in [0.29, 0.717) is 6.42 Å². The molecule has 2 amide bonds. The van der Waals surface area contributed by atoms with Crippen LogP contribution in [0.25, 0.3) is 10.8 Å². The van der Waals surface area contributed by atoms with Gasteiger partial charge in [0.25, 0.3) is 5.91 Å². The van der Waals surface area contributed by atoms with Crippen LogP contribution in [0.3, 0.4) is 0 Å². The molecule has 0 aromatic heterocycles. The minimum atomic E-state index is -0.545. The van der Waals surface area contributed by atoms with E-state index in [2.05, 4.69) is 24.4 Å². The number of nitrogens with one attached hydrogen (secondary N) is 1. The molecular weight excluding hydrogens is 410 g/mol. The van der Waals surface area contributed by atoms with Crippen molar-refractivity contribution in [2.24, 2.45) is 0 Å². The first-order chi connectivity index (χ1) is 16.1. The quantitative estimate of drug-likeness (QED) is 0.202. The van der Waals surface area contributed by atoms with Gasteiger partial charge < -0.3 is 5.11 Å². The maximum atomic E-state index is 12.4. The van der Waals surface area contributed by atoms with E-state index in [1.807, 2.05) is 24.3 Å². The summed E-state index contributed by atoms with van der Waals surface area (Å²) >= 11 is 0. The van der Waals surface area contributed by atoms with Crippen LogP contribution in [0.5, 0.6) is 5.75 Å². The highest BCUT2D eigenvalue weighted by molar-refractivity contribution is 6.08. The molecule has 4 nitrogen and oxygen atoms in total. The molecule has 0 aliphatic rings. The topological polar surface area (TPSA) is 66.4 Å². The molecule has 2 aromatic carbocycles. The van der Waals surface area contributed by atoms with E-state index >= 15 is 0 Å². The van der Waals surface area contributed by atoms with Gasteiger partial charge in [0.1, 0.15) is 5.75 Å². The number of carbonyl (C=O) groups is 2. The van der Waals surface area contributed by atoms with Gasteiger partial charge >= 0.3 is 0 Å². The molecule has 2 N–H and O–H groups in total. The molecule has 0 heterocycles. The summed E-state index contributed by atoms with van der Waals surface area (Å²) in [5.74, 6) is -0.943. The molecule has 0 radical (unpaired) electrons. The van der Waals surface area contributed by atoms with Crippen molar-refractivity contribution in [2.75, 3.05) is 0 Å². The molecule has 0 aliphatic heterocycles. The molecular formula is C29H41NO3. The number of amides is 2. The SMILES string of the molecule is CCCCCCCCC=CCCCCCCCC(=O)NC(=O)c1cc2ccccc2cc1O. The summed E-state index contributed by atoms with van der Waals surface area (Å²) in [4.78, 5) is 24.5. The predicted molar refractivity (Wildman–Crippen MR) is 138 cm³/mol. The second-order valence-electron chi connectivity index (χ2n) is 8.93. The highest BCUT2D eigenvalue weighted by atomic mass is 16.3. The van der Waals surface area contributed by atoms with Gasteiger partial charge in [0.2, 0.25) is 5.91 Å². The van der Waals surface area contributed by atoms with Crippen LogP contribution in [0.15, 0.2) is 48.6 Å². The Morgan fingerprint density at radius 1 is 0.788 bits per heavy atom. The van der Waals surface area contributed by atoms with Crippen LogP contribution in [0.4, 0.5) is 0 Å². The van der Waals surface area contributed by atoms with Crippen molar-refractivity contribution in [1.29, 1.82) is 0 Å². The number of aromatic hydroxyl groups is 1. The second-order valence-corrected chi connectivity index (χ2v) is 8.93. The summed E-state index contributed by atoms with van der Waals surface area (Å²) in [7, 11) is 0. The summed E-state index contributed by atoms with van der Waals surface area (Å²) in [6.07, 6.45) is 20.7. The Kier molecular flexibility index (Phi) is 13.0. The van der Waals surface area contributed by atoms with Crippen molar-refractivity contribution in [1.82, 2.24) is 5.32 Å². The fraction of sp³-hybridized carbons (Fsp3) is 0.517. The van der Waals surface area contributed by atoms with E-state index in [4.69, 9.17) is 0 Å². The summed E-state index contributed by atoms with van der Waals surface area (Å²) < 4.78 is 0. The second kappa shape index (κ2) is 16.1. The molecule has 2 rings (SSSR count). The van der Waals surface area contributed by atoms with Crippen molar-refractivity contribution in [3.8, 4) is 5.75 Å². The molecule has 33 heavy (non-hydrogen) atoms. The Morgan fingerprint density at radius 3 is 1.97 bits per heavy atom. The monoisotopic (exact) mass is 451 g/mol. The summed E-state index contributed by atoms with van der Waals surface area (Å²) in [5.41, 5.74) is 0.131. The van der Waals surface area contributed by atoms with Gasteiger partial charge in [-0.15, -0.1) is 0 Å². The molecule has 4 heteroatoms. The standard InChI is InChI=1S/C29H41NO3/c1-2-3-4-5-6-7-8-9-10-11-12-13-14-15-16-21-28(32)30-29(33)26-22-24-19-17-18-20-25(24)23-27(26)31/h9-10,17-20,22-23,31H,2-8,11-16,21H2,1H3,(H,30,32,33). The van der Waals surface area contributed by atoms with Gasteiger partial charge in [-0.3, -0.25) is 14.9 Å². The molecule has 180 valence electrons. The molecule has 0 fully saturated rings. The number of imide groups is 1. The van der Waals surface area contributed by atoms with Crippen molar-refractivity contribution in [3.05, 3.63) is 54.1 Å². The number of phenols is 1. The molecule has 0 unspecified atom stereocenters. The number of phenolic OH excluding ortho intramolecular Hbond substituents is 1. The number of rotatable bonds is 16. The van der Waals surface area contributed by atoms with Crippen LogP contribution < -0.4 is 5.32 Å². The van der Waals surface area contributed by atoms with Gasteiger partial charge in [0.05, 0.1) is 5.56 Å². The molecule has 0 bridgehead atoms. The third-order valence-electron chi connectivity index (χ3n) is 6.03. The van der Waals surface area contributed by atoms with E-state index in [9.17, 15) is 14.7 Å². The summed E-state index contributed by atoms with van der Waals surface area (Å²) in [5, 5.41) is 14.2. The Bertz CT molecular complexity index is 888. The van der Waals surface area contributed by atoms with Gasteiger partial charge in [-0.2, -0.15) is 0 Å². The van der Waals surface area contributed by atoms with E-state index in [0.717, 1.165) is 36.5 Å². The minimum Gasteiger partial charge on any atom is -0.507 e. The molecule has 2 aromatic rings. The van der Waals surface area contributed by atoms with Gasteiger partial charge in [-0.25, -0.2) is 0 Å². The lowest BCUT2D eigenvalue weighted by Crippen LogP contribution is -2.30. The van der Waals surface area contributed by atoms with Crippen LogP contribution in [-0.2, 0) is 4.79 Å². The number of fused-ring (bicyclic) bond motifs is 1. The van der Waals surface area contributed by atoms with E-state index < -0.39 is 5.91 Å². The van der Waals surface area contributed by atoms with Gasteiger partial charge in [-0.1, -0.05) is 94.7 Å². The van der Waals surface area contributed by atoms with Gasteiger partial charge in [0.15, 0.2) is 0 Å². The maximum absolute atomic E-state index is 12.4. The van der Waals surface area contributed by atoms with Crippen molar-refractivity contribution >= 4 is 22.6 Å². The van der Waals surface area contributed by atoms with Crippen LogP contribution in [0, 0.1) is 0 Å². The van der Waals surface area contributed by atoms with Crippen molar-refractivity contribution < 1.29 is 14.7 Å². The first-order valence-corrected chi connectivity index (χ1v) is 12.8. The van der Waals surface area contributed by atoms with Gasteiger partial charge in [0, 0.05) is 6.42 Å². The molecule has 0 aliphatic carbocycles. The van der Waals surface area contributed by atoms with Crippen molar-refractivity contribution in [3.63, 3.8) is 0 Å². The Balaban J connectivity index is 1.51. The Labute approximate surface area is 199 Å². The number of benzene rings is 2. The zero-order valence-corrected chi connectivity index (χ0v) is 20.3. The summed E-state index contributed by atoms with van der Waals surface area (Å²) in [6.45, 7) is 2.25. The predicted octanol–water partition coefficient (Wildman–Crippen LogP) is 7.84. The third kappa shape index (κ3) is 10.7. The smallest absolute Gasteiger partial charge is 0.261 e. The number of hydrogen-bond donors (Lipinski definition) is 2. The molecule has 0 atom stereocenters. The molecule has 0 spiro atoms. The highest BCUT2D eigenvalue weighted by Gasteiger charge is 2.15. The van der Waals surface area contributed by atoms with E-state index in [1.165, 1.54) is 57.8 Å². The zero-order valence-electron chi connectivity index (χ0n) is 20.3. The Morgan fingerprint density at radius 2 is 1.33 bits per heavy atom. The van der Waals surface area contributed by atoms with Crippen LogP contribution in [0.2, 0.25) is 0 Å². The number of allylic oxidation sites excluding steroid dienone is 2. The first-order valence-electron chi connectivity index (χ1n) is 12.8. The average molecular weight is 452 g/mol. The summed E-state index contributed by atoms with van der Waals surface area (Å²) in [6, 6.07) is 10.7. The molecule has 0 saturated heterocycles. The fourth-order valence-corrected chi connectivity index (χ4v) is 4.02. The van der Waals surface area contributed by atoms with Crippen LogP contribution >= 0.6 is 0 Å². The number of unbranched alkanes of at least 4 members (excludes halogenated alkanes) is 11. The average Bonchev–Trinajstić information content (AvgIpc) is 2.81. The largest absolute Gasteiger partial charge is 0.507 e. The minimum absolute atomic E-state index is 0.111. The lowest BCUT2D eigenvalue weighted by atomic mass is 10.1. The third-order valence-corrected chi connectivity index (χ3v) is 6.03. The van der Waals surface area contributed by atoms with Crippen LogP contribution in [-0.4, -0.2) is 16.9 Å². The highest BCUT2D eigenvalue weighted by Crippen LogP contribution is 2.25. The maximum Gasteiger partial charge on any atom is 0.261 e. The van der Waals surface area contributed by atoms with Crippen LogP contribution in [0.1, 0.15) is 107 Å². The Hall–Kier alpha value is -2.62. The number of hydrogen-bond acceptors (Lipinski definition) is 3. The zero-order chi connectivity index (χ0) is 23.7. The van der Waals surface area contributed by atoms with E-state index in [-0.39, 0.29) is 17.2 Å². The normalized spacial score (nSPS) is 11.3. The van der Waals surface area contributed by atoms with Crippen molar-refractivity contribution in [2.45, 2.75) is 96.8 Å². The lowest BCUT2D eigenvalue weighted by Gasteiger charge is -2.08. The molecule has 0 saturated carbocycles. The lowest BCUT2D eigenvalue weighted by molar-refractivity contribution is -0.120. The van der Waals surface area contributed by atoms with E-state index in [1.54, 1.807) is 12.1 Å².